The molecule has 0 aliphatic heterocycles. The van der Waals surface area contributed by atoms with Gasteiger partial charge in [-0.05, 0) is 47.6 Å². The number of rotatable bonds is 7. The lowest BCUT2D eigenvalue weighted by atomic mass is 9.98. The van der Waals surface area contributed by atoms with E-state index in [0.717, 1.165) is 24.0 Å². The summed E-state index contributed by atoms with van der Waals surface area (Å²) in [6.07, 6.45) is 2.71. The fraction of sp³-hybridized carbons (Fsp3) is 0.350. The van der Waals surface area contributed by atoms with Crippen LogP contribution in [0.2, 0.25) is 0 Å². The normalized spacial score (nSPS) is 10.9. The third-order valence-electron chi connectivity index (χ3n) is 3.88. The smallest absolute Gasteiger partial charge is 0.137 e. The van der Waals surface area contributed by atoms with Crippen LogP contribution in [0.5, 0.6) is 0 Å². The van der Waals surface area contributed by atoms with E-state index in [4.69, 9.17) is 0 Å². The highest BCUT2D eigenvalue weighted by Gasteiger charge is 2.05. The van der Waals surface area contributed by atoms with Crippen molar-refractivity contribution in [3.8, 4) is 0 Å². The van der Waals surface area contributed by atoms with E-state index in [-0.39, 0.29) is 11.6 Å². The average Bonchev–Trinajstić information content (AvgIpc) is 2.50. The molecule has 22 heavy (non-hydrogen) atoms. The molecule has 0 saturated carbocycles. The summed E-state index contributed by atoms with van der Waals surface area (Å²) in [4.78, 5) is 12.0. The number of halogens is 1. The van der Waals surface area contributed by atoms with Crippen LogP contribution in [0.15, 0.2) is 48.5 Å². The van der Waals surface area contributed by atoms with Crippen molar-refractivity contribution >= 4 is 5.78 Å². The predicted octanol–water partition coefficient (Wildman–Crippen LogP) is 5.08. The Bertz CT molecular complexity index is 597. The number of aryl methyl sites for hydroxylation is 1. The van der Waals surface area contributed by atoms with Gasteiger partial charge in [0.2, 0.25) is 0 Å². The minimum atomic E-state index is -0.218. The lowest BCUT2D eigenvalue weighted by Gasteiger charge is -2.07. The van der Waals surface area contributed by atoms with Gasteiger partial charge in [-0.25, -0.2) is 4.39 Å². The largest absolute Gasteiger partial charge is 0.299 e. The molecule has 0 N–H and O–H groups in total. The molecule has 0 aromatic heterocycles. The van der Waals surface area contributed by atoms with Gasteiger partial charge in [0, 0.05) is 12.8 Å². The fourth-order valence-electron chi connectivity index (χ4n) is 2.48. The summed E-state index contributed by atoms with van der Waals surface area (Å²) in [5.41, 5.74) is 3.46. The molecule has 2 aromatic carbocycles. The molecule has 0 spiro atoms. The minimum Gasteiger partial charge on any atom is -0.299 e. The maximum absolute atomic E-state index is 12.8. The molecule has 0 radical (unpaired) electrons. The first-order valence-electron chi connectivity index (χ1n) is 7.89. The summed E-state index contributed by atoms with van der Waals surface area (Å²) in [5.74, 6) is 0.560. The van der Waals surface area contributed by atoms with Gasteiger partial charge in [-0.1, -0.05) is 50.2 Å². The van der Waals surface area contributed by atoms with E-state index in [1.165, 1.54) is 17.7 Å². The van der Waals surface area contributed by atoms with Crippen molar-refractivity contribution in [2.24, 2.45) is 0 Å². The summed E-state index contributed by atoms with van der Waals surface area (Å²) in [6.45, 7) is 4.32. The Labute approximate surface area is 132 Å². The van der Waals surface area contributed by atoms with E-state index in [0.29, 0.717) is 18.8 Å². The van der Waals surface area contributed by atoms with Crippen LogP contribution in [-0.4, -0.2) is 5.78 Å². The highest BCUT2D eigenvalue weighted by Crippen LogP contribution is 2.15. The maximum atomic E-state index is 12.8. The zero-order valence-electron chi connectivity index (χ0n) is 13.3. The average molecular weight is 298 g/mol. The van der Waals surface area contributed by atoms with Gasteiger partial charge >= 0.3 is 0 Å². The first-order chi connectivity index (χ1) is 10.5. The molecular formula is C20H23FO. The zero-order valence-corrected chi connectivity index (χ0v) is 13.3. The van der Waals surface area contributed by atoms with Crippen molar-refractivity contribution in [2.45, 2.75) is 45.4 Å². The number of hydrogen-bond donors (Lipinski definition) is 0. The van der Waals surface area contributed by atoms with E-state index < -0.39 is 0 Å². The van der Waals surface area contributed by atoms with Gasteiger partial charge in [0.15, 0.2) is 0 Å². The third-order valence-corrected chi connectivity index (χ3v) is 3.88. The van der Waals surface area contributed by atoms with Crippen LogP contribution in [-0.2, 0) is 17.6 Å². The van der Waals surface area contributed by atoms with Crippen molar-refractivity contribution in [3.05, 3.63) is 71.0 Å². The van der Waals surface area contributed by atoms with E-state index in [9.17, 15) is 9.18 Å². The van der Waals surface area contributed by atoms with E-state index >= 15 is 0 Å². The molecule has 0 saturated heterocycles. The molecule has 1 nitrogen and oxygen atoms in total. The van der Waals surface area contributed by atoms with Gasteiger partial charge in [-0.2, -0.15) is 0 Å². The zero-order chi connectivity index (χ0) is 15.9. The molecule has 0 heterocycles. The third kappa shape index (κ3) is 5.10. The van der Waals surface area contributed by atoms with Crippen LogP contribution in [0.25, 0.3) is 0 Å². The second kappa shape index (κ2) is 7.88. The first-order valence-corrected chi connectivity index (χ1v) is 7.89. The van der Waals surface area contributed by atoms with Crippen LogP contribution < -0.4 is 0 Å². The Morgan fingerprint density at radius 1 is 0.955 bits per heavy atom. The SMILES string of the molecule is CC(C)c1ccc(CC(=O)CCCc2ccc(F)cc2)cc1. The van der Waals surface area contributed by atoms with Gasteiger partial charge in [0.1, 0.15) is 11.6 Å². The second-order valence-corrected chi connectivity index (χ2v) is 6.09. The molecule has 0 unspecified atom stereocenters. The van der Waals surface area contributed by atoms with Crippen molar-refractivity contribution in [1.29, 1.82) is 0 Å². The molecule has 0 bridgehead atoms. The molecule has 2 aromatic rings. The van der Waals surface area contributed by atoms with E-state index in [1.54, 1.807) is 12.1 Å². The standard InChI is InChI=1S/C20H23FO/c1-15(2)18-10-6-17(7-11-18)14-20(22)5-3-4-16-8-12-19(21)13-9-16/h6-13,15H,3-5,14H2,1-2H3. The van der Waals surface area contributed by atoms with Crippen LogP contribution in [0.4, 0.5) is 4.39 Å². The van der Waals surface area contributed by atoms with Gasteiger partial charge in [0.05, 0.1) is 0 Å². The summed E-state index contributed by atoms with van der Waals surface area (Å²) < 4.78 is 12.8. The Morgan fingerprint density at radius 2 is 1.55 bits per heavy atom. The van der Waals surface area contributed by atoms with Gasteiger partial charge in [0.25, 0.3) is 0 Å². The Morgan fingerprint density at radius 3 is 2.14 bits per heavy atom. The number of Topliss-reactive ketones (excluding diaryl/α,β-unsaturated/α-hetero) is 1. The first kappa shape index (κ1) is 16.4. The minimum absolute atomic E-state index is 0.218. The predicted molar refractivity (Wildman–Crippen MR) is 88.6 cm³/mol. The lowest BCUT2D eigenvalue weighted by molar-refractivity contribution is -0.118. The molecule has 2 rings (SSSR count). The molecule has 2 heteroatoms. The topological polar surface area (TPSA) is 17.1 Å². The number of carbonyl (C=O) groups excluding carboxylic acids is 1. The Balaban J connectivity index is 1.76. The summed E-state index contributed by atoms with van der Waals surface area (Å²) in [5, 5.41) is 0. The van der Waals surface area contributed by atoms with Crippen molar-refractivity contribution < 1.29 is 9.18 Å². The Kier molecular flexibility index (Phi) is 5.88. The van der Waals surface area contributed by atoms with Gasteiger partial charge in [-0.15, -0.1) is 0 Å². The molecule has 0 aliphatic carbocycles. The number of ketones is 1. The van der Waals surface area contributed by atoms with Crippen molar-refractivity contribution in [1.82, 2.24) is 0 Å². The molecule has 0 fully saturated rings. The summed E-state index contributed by atoms with van der Waals surface area (Å²) in [6, 6.07) is 14.8. The fourth-order valence-corrected chi connectivity index (χ4v) is 2.48. The summed E-state index contributed by atoms with van der Waals surface area (Å²) >= 11 is 0. The molecular weight excluding hydrogens is 275 g/mol. The highest BCUT2D eigenvalue weighted by molar-refractivity contribution is 5.80. The molecule has 0 atom stereocenters. The van der Waals surface area contributed by atoms with Crippen LogP contribution in [0, 0.1) is 5.82 Å². The van der Waals surface area contributed by atoms with E-state index in [2.05, 4.69) is 26.0 Å². The monoisotopic (exact) mass is 298 g/mol. The summed E-state index contributed by atoms with van der Waals surface area (Å²) in [7, 11) is 0. The van der Waals surface area contributed by atoms with Crippen LogP contribution in [0.1, 0.15) is 49.3 Å². The van der Waals surface area contributed by atoms with Crippen molar-refractivity contribution in [3.63, 3.8) is 0 Å². The van der Waals surface area contributed by atoms with Gasteiger partial charge in [-0.3, -0.25) is 4.79 Å². The van der Waals surface area contributed by atoms with Crippen molar-refractivity contribution in [2.75, 3.05) is 0 Å². The Hall–Kier alpha value is -1.96. The highest BCUT2D eigenvalue weighted by atomic mass is 19.1. The second-order valence-electron chi connectivity index (χ2n) is 6.09. The van der Waals surface area contributed by atoms with Crippen LogP contribution >= 0.6 is 0 Å². The van der Waals surface area contributed by atoms with Gasteiger partial charge < -0.3 is 0 Å². The number of hydrogen-bond acceptors (Lipinski definition) is 1. The number of benzene rings is 2. The molecule has 116 valence electrons. The van der Waals surface area contributed by atoms with E-state index in [1.807, 2.05) is 12.1 Å². The lowest BCUT2D eigenvalue weighted by Crippen LogP contribution is -2.03. The quantitative estimate of drug-likeness (QED) is 0.696. The molecule has 0 aliphatic rings. The molecule has 0 amide bonds. The number of carbonyl (C=O) groups is 1. The maximum Gasteiger partial charge on any atom is 0.137 e. The van der Waals surface area contributed by atoms with Crippen LogP contribution in [0.3, 0.4) is 0 Å².